The van der Waals surface area contributed by atoms with Crippen molar-refractivity contribution in [1.82, 2.24) is 4.98 Å². The standard InChI is InChI=1S/C43H51N2/c1-7-27(8-2)33-22-34(28(9-3)10-4)26-43(25-33)39-38-36(23-31-17-14-19-44-40(31)39)42(5,6)35-24-32(29-15-12-11-13-16-29)21-30-18-20-45(43)41(38)37(30)35/h14,17-25,27-29H,7-13,15-16,26H2,1-6H3/q+1. The van der Waals surface area contributed by atoms with E-state index in [0.717, 1.165) is 6.42 Å². The molecule has 2 heteroatoms. The van der Waals surface area contributed by atoms with Gasteiger partial charge in [-0.1, -0.05) is 90.7 Å². The number of fused-ring (bicyclic) bond motifs is 4. The molecule has 0 bridgehead atoms. The van der Waals surface area contributed by atoms with Crippen molar-refractivity contribution in [1.29, 1.82) is 0 Å². The van der Waals surface area contributed by atoms with Gasteiger partial charge in [-0.15, -0.1) is 0 Å². The Hall–Kier alpha value is -3.26. The van der Waals surface area contributed by atoms with Crippen LogP contribution in [0.3, 0.4) is 0 Å². The Kier molecular flexibility index (Phi) is 6.90. The largest absolute Gasteiger partial charge is 0.256 e. The summed E-state index contributed by atoms with van der Waals surface area (Å²) in [4.78, 5) is 5.21. The molecule has 0 saturated heterocycles. The number of pyridine rings is 2. The number of benzene rings is 2. The van der Waals surface area contributed by atoms with Crippen LogP contribution in [0.2, 0.25) is 0 Å². The molecular formula is C43H51N2+. The number of hydrogen-bond donors (Lipinski definition) is 0. The van der Waals surface area contributed by atoms with Crippen LogP contribution < -0.4 is 4.57 Å². The fourth-order valence-electron chi connectivity index (χ4n) is 10.2. The lowest BCUT2D eigenvalue weighted by Gasteiger charge is -2.34. The average Bonchev–Trinajstić information content (AvgIpc) is 3.34. The molecule has 8 rings (SSSR count). The van der Waals surface area contributed by atoms with E-state index in [4.69, 9.17) is 4.98 Å². The van der Waals surface area contributed by atoms with Gasteiger partial charge >= 0.3 is 0 Å². The Labute approximate surface area is 270 Å². The number of allylic oxidation sites excluding steroid dienone is 4. The molecule has 1 unspecified atom stereocenters. The van der Waals surface area contributed by atoms with E-state index in [1.807, 2.05) is 6.20 Å². The summed E-state index contributed by atoms with van der Waals surface area (Å²) < 4.78 is 2.73. The van der Waals surface area contributed by atoms with Crippen LogP contribution in [-0.2, 0) is 11.0 Å². The second kappa shape index (κ2) is 10.6. The maximum atomic E-state index is 5.21. The van der Waals surface area contributed by atoms with Gasteiger partial charge in [-0.2, -0.15) is 4.57 Å². The first-order valence-electron chi connectivity index (χ1n) is 18.3. The van der Waals surface area contributed by atoms with Crippen LogP contribution in [0.15, 0.2) is 72.1 Å². The van der Waals surface area contributed by atoms with Gasteiger partial charge in [0.05, 0.1) is 22.0 Å². The average molecular weight is 596 g/mol. The summed E-state index contributed by atoms with van der Waals surface area (Å²) >= 11 is 0. The lowest BCUT2D eigenvalue weighted by atomic mass is 9.66. The molecule has 2 nitrogen and oxygen atoms in total. The van der Waals surface area contributed by atoms with Gasteiger partial charge in [0.2, 0.25) is 11.2 Å². The molecule has 232 valence electrons. The van der Waals surface area contributed by atoms with Gasteiger partial charge < -0.3 is 0 Å². The summed E-state index contributed by atoms with van der Waals surface area (Å²) in [6, 6.07) is 14.6. The van der Waals surface area contributed by atoms with Crippen LogP contribution in [-0.4, -0.2) is 4.98 Å². The fourth-order valence-corrected chi connectivity index (χ4v) is 10.2. The molecule has 1 saturated carbocycles. The Morgan fingerprint density at radius 1 is 0.867 bits per heavy atom. The normalized spacial score (nSPS) is 21.8. The van der Waals surface area contributed by atoms with Crippen LogP contribution in [0.25, 0.3) is 32.9 Å². The minimum Gasteiger partial charge on any atom is -0.256 e. The third-order valence-corrected chi connectivity index (χ3v) is 12.7. The molecule has 1 aliphatic heterocycles. The van der Waals surface area contributed by atoms with Crippen LogP contribution in [0.4, 0.5) is 0 Å². The van der Waals surface area contributed by atoms with Crippen LogP contribution >= 0.6 is 0 Å². The van der Waals surface area contributed by atoms with Gasteiger partial charge in [0.15, 0.2) is 6.20 Å². The third-order valence-electron chi connectivity index (χ3n) is 12.7. The van der Waals surface area contributed by atoms with Crippen molar-refractivity contribution in [3.63, 3.8) is 0 Å². The molecule has 0 radical (unpaired) electrons. The summed E-state index contributed by atoms with van der Waals surface area (Å²) in [7, 11) is 0. The quantitative estimate of drug-likeness (QED) is 0.194. The van der Waals surface area contributed by atoms with Gasteiger partial charge in [-0.05, 0) is 102 Å². The first-order chi connectivity index (χ1) is 21.9. The van der Waals surface area contributed by atoms with E-state index in [1.165, 1.54) is 107 Å². The van der Waals surface area contributed by atoms with E-state index in [9.17, 15) is 0 Å². The number of aromatic nitrogens is 2. The molecule has 3 aliphatic carbocycles. The Balaban J connectivity index is 1.50. The molecule has 2 aromatic heterocycles. The predicted octanol–water partition coefficient (Wildman–Crippen LogP) is 11.2. The highest BCUT2D eigenvalue weighted by molar-refractivity contribution is 6.06. The van der Waals surface area contributed by atoms with E-state index < -0.39 is 0 Å². The molecule has 1 fully saturated rings. The van der Waals surface area contributed by atoms with Crippen molar-refractivity contribution in [2.24, 2.45) is 11.8 Å². The van der Waals surface area contributed by atoms with E-state index in [2.05, 4.69) is 101 Å². The number of nitrogens with zero attached hydrogens (tertiary/aromatic N) is 2. The zero-order valence-electron chi connectivity index (χ0n) is 28.5. The lowest BCUT2D eigenvalue weighted by Crippen LogP contribution is -2.55. The molecule has 1 atom stereocenters. The highest BCUT2D eigenvalue weighted by Crippen LogP contribution is 2.58. The zero-order chi connectivity index (χ0) is 31.1. The number of hydrogen-bond acceptors (Lipinski definition) is 1. The molecule has 3 heterocycles. The maximum Gasteiger partial charge on any atom is 0.222 e. The van der Waals surface area contributed by atoms with Crippen LogP contribution in [0, 0.1) is 11.8 Å². The molecular weight excluding hydrogens is 544 g/mol. The van der Waals surface area contributed by atoms with Crippen LogP contribution in [0.1, 0.15) is 134 Å². The second-order valence-electron chi connectivity index (χ2n) is 15.3. The Morgan fingerprint density at radius 2 is 1.62 bits per heavy atom. The summed E-state index contributed by atoms with van der Waals surface area (Å²) in [6.45, 7) is 14.5. The monoisotopic (exact) mass is 595 g/mol. The highest BCUT2D eigenvalue weighted by Gasteiger charge is 2.57. The number of rotatable bonds is 7. The van der Waals surface area contributed by atoms with Crippen molar-refractivity contribution < 1.29 is 4.57 Å². The van der Waals surface area contributed by atoms with Gasteiger partial charge in [-0.3, -0.25) is 4.98 Å². The summed E-state index contributed by atoms with van der Waals surface area (Å²) in [5, 5.41) is 4.20. The summed E-state index contributed by atoms with van der Waals surface area (Å²) in [5.41, 5.74) is 13.0. The van der Waals surface area contributed by atoms with Crippen molar-refractivity contribution in [3.05, 3.63) is 94.3 Å². The zero-order valence-corrected chi connectivity index (χ0v) is 28.5. The van der Waals surface area contributed by atoms with Gasteiger partial charge in [-0.25, -0.2) is 0 Å². The van der Waals surface area contributed by atoms with E-state index in [0.29, 0.717) is 17.8 Å². The van der Waals surface area contributed by atoms with Gasteiger partial charge in [0.1, 0.15) is 0 Å². The molecule has 4 aliphatic rings. The third kappa shape index (κ3) is 4.06. The molecule has 0 N–H and O–H groups in total. The minimum atomic E-state index is -0.272. The second-order valence-corrected chi connectivity index (χ2v) is 15.3. The summed E-state index contributed by atoms with van der Waals surface area (Å²) in [5.74, 6) is 1.86. The molecule has 45 heavy (non-hydrogen) atoms. The Morgan fingerprint density at radius 3 is 2.36 bits per heavy atom. The van der Waals surface area contributed by atoms with Crippen molar-refractivity contribution in [3.8, 4) is 11.3 Å². The van der Waals surface area contributed by atoms with Gasteiger partial charge in [0, 0.05) is 29.5 Å². The first-order valence-corrected chi connectivity index (χ1v) is 18.3. The topological polar surface area (TPSA) is 16.8 Å². The SMILES string of the molecule is CCC(CC)C1=CC2(CC(C(CC)CC)=C1)c1c3c(cc4cccnc14)C(C)(C)c1cc(C4CCCCC4)cc4cc[n+]2c-3c14. The highest BCUT2D eigenvalue weighted by atomic mass is 15.1. The van der Waals surface area contributed by atoms with E-state index in [-0.39, 0.29) is 11.0 Å². The van der Waals surface area contributed by atoms with E-state index >= 15 is 0 Å². The van der Waals surface area contributed by atoms with E-state index in [1.54, 1.807) is 16.7 Å². The fraction of sp³-hybridized carbons (Fsp3) is 0.488. The molecule has 1 spiro atoms. The molecule has 2 aromatic carbocycles. The summed E-state index contributed by atoms with van der Waals surface area (Å²) in [6.07, 6.45) is 22.4. The Bertz CT molecular complexity index is 1890. The maximum absolute atomic E-state index is 5.21. The molecule has 4 aromatic rings. The molecule has 0 amide bonds. The van der Waals surface area contributed by atoms with Crippen molar-refractivity contribution in [2.75, 3.05) is 0 Å². The smallest absolute Gasteiger partial charge is 0.222 e. The van der Waals surface area contributed by atoms with Crippen molar-refractivity contribution in [2.45, 2.75) is 123 Å². The van der Waals surface area contributed by atoms with Crippen molar-refractivity contribution >= 4 is 21.7 Å². The van der Waals surface area contributed by atoms with Gasteiger partial charge in [0.25, 0.3) is 0 Å². The lowest BCUT2D eigenvalue weighted by molar-refractivity contribution is -0.725. The first kappa shape index (κ1) is 29.2. The minimum absolute atomic E-state index is 0.0978. The van der Waals surface area contributed by atoms with Crippen LogP contribution in [0.5, 0.6) is 0 Å². The predicted molar refractivity (Wildman–Crippen MR) is 189 cm³/mol.